The number of hydrogen-bond donors (Lipinski definition) is 0. The molecule has 3 heteroatoms. The summed E-state index contributed by atoms with van der Waals surface area (Å²) in [5.41, 5.74) is 9.98. The Kier molecular flexibility index (Phi) is 4.61. The molecule has 0 amide bonds. The van der Waals surface area contributed by atoms with Gasteiger partial charge in [-0.2, -0.15) is 0 Å². The minimum Gasteiger partial charge on any atom is -0.456 e. The number of rotatable bonds is 3. The van der Waals surface area contributed by atoms with E-state index in [1.54, 1.807) is 0 Å². The molecule has 192 valence electrons. The van der Waals surface area contributed by atoms with Crippen molar-refractivity contribution in [3.05, 3.63) is 146 Å². The van der Waals surface area contributed by atoms with Crippen LogP contribution in [0.15, 0.2) is 150 Å². The Morgan fingerprint density at radius 3 is 1.88 bits per heavy atom. The smallest absolute Gasteiger partial charge is 0.136 e. The van der Waals surface area contributed by atoms with Gasteiger partial charge in [0, 0.05) is 44.4 Å². The molecule has 0 N–H and O–H groups in total. The fourth-order valence-electron chi connectivity index (χ4n) is 6.54. The molecule has 0 aliphatic heterocycles. The van der Waals surface area contributed by atoms with Gasteiger partial charge in [0.2, 0.25) is 0 Å². The highest BCUT2D eigenvalue weighted by Gasteiger charge is 2.20. The van der Waals surface area contributed by atoms with Crippen LogP contribution >= 0.6 is 0 Å². The Morgan fingerprint density at radius 2 is 1.10 bits per heavy atom. The first-order valence-corrected chi connectivity index (χ1v) is 13.9. The molecule has 3 nitrogen and oxygen atoms in total. The minimum atomic E-state index is 0.905. The molecule has 3 aromatic heterocycles. The van der Waals surface area contributed by atoms with Crippen LogP contribution in [0.2, 0.25) is 0 Å². The maximum Gasteiger partial charge on any atom is 0.136 e. The van der Waals surface area contributed by atoms with E-state index in [-0.39, 0.29) is 0 Å². The maximum absolute atomic E-state index is 6.29. The monoisotopic (exact) mass is 524 g/mol. The van der Waals surface area contributed by atoms with Crippen LogP contribution in [0.25, 0.3) is 77.1 Å². The molecule has 6 aromatic carbocycles. The zero-order valence-corrected chi connectivity index (χ0v) is 22.2. The lowest BCUT2D eigenvalue weighted by molar-refractivity contribution is 0.669. The Balaban J connectivity index is 1.38. The molecule has 41 heavy (non-hydrogen) atoms. The van der Waals surface area contributed by atoms with Gasteiger partial charge in [0.15, 0.2) is 0 Å². The highest BCUT2D eigenvalue weighted by molar-refractivity contribution is 6.12. The maximum atomic E-state index is 6.29. The van der Waals surface area contributed by atoms with Gasteiger partial charge < -0.3 is 13.6 Å². The van der Waals surface area contributed by atoms with Crippen molar-refractivity contribution in [2.75, 3.05) is 0 Å². The van der Waals surface area contributed by atoms with Crippen molar-refractivity contribution in [2.45, 2.75) is 0 Å². The zero-order valence-electron chi connectivity index (χ0n) is 22.2. The molecule has 0 spiro atoms. The second kappa shape index (κ2) is 8.48. The van der Waals surface area contributed by atoms with E-state index < -0.39 is 0 Å². The fraction of sp³-hybridized carbons (Fsp3) is 0. The van der Waals surface area contributed by atoms with Crippen LogP contribution in [0, 0.1) is 0 Å². The number of nitrogens with zero attached hydrogens (tertiary/aromatic N) is 2. The summed E-state index contributed by atoms with van der Waals surface area (Å²) in [4.78, 5) is 0. The molecule has 0 saturated heterocycles. The van der Waals surface area contributed by atoms with Crippen molar-refractivity contribution in [3.63, 3.8) is 0 Å². The highest BCUT2D eigenvalue weighted by Crippen LogP contribution is 2.41. The van der Waals surface area contributed by atoms with Crippen LogP contribution < -0.4 is 0 Å². The number of para-hydroxylation sites is 5. The normalized spacial score (nSPS) is 11.9. The zero-order chi connectivity index (χ0) is 26.9. The molecule has 0 bridgehead atoms. The molecule has 0 aliphatic rings. The van der Waals surface area contributed by atoms with E-state index in [0.29, 0.717) is 0 Å². The topological polar surface area (TPSA) is 23.0 Å². The van der Waals surface area contributed by atoms with Crippen molar-refractivity contribution in [1.82, 2.24) is 9.13 Å². The summed E-state index contributed by atoms with van der Waals surface area (Å²) in [5, 5.41) is 6.00. The summed E-state index contributed by atoms with van der Waals surface area (Å²) in [6.45, 7) is 0. The second-order valence-electron chi connectivity index (χ2n) is 10.6. The van der Waals surface area contributed by atoms with E-state index >= 15 is 0 Å². The van der Waals surface area contributed by atoms with Gasteiger partial charge in [-0.15, -0.1) is 0 Å². The van der Waals surface area contributed by atoms with E-state index in [0.717, 1.165) is 38.9 Å². The summed E-state index contributed by atoms with van der Waals surface area (Å²) in [6, 6.07) is 49.5. The molecule has 0 saturated carbocycles. The largest absolute Gasteiger partial charge is 0.456 e. The number of hydrogen-bond acceptors (Lipinski definition) is 1. The van der Waals surface area contributed by atoms with Crippen LogP contribution in [0.4, 0.5) is 0 Å². The van der Waals surface area contributed by atoms with Crippen molar-refractivity contribution >= 4 is 54.6 Å². The minimum absolute atomic E-state index is 0.905. The van der Waals surface area contributed by atoms with Gasteiger partial charge in [-0.1, -0.05) is 91.0 Å². The van der Waals surface area contributed by atoms with E-state index in [9.17, 15) is 0 Å². The second-order valence-corrected chi connectivity index (χ2v) is 10.6. The van der Waals surface area contributed by atoms with Crippen LogP contribution in [0.5, 0.6) is 0 Å². The first-order chi connectivity index (χ1) is 20.3. The van der Waals surface area contributed by atoms with Crippen LogP contribution in [-0.4, -0.2) is 9.13 Å². The third-order valence-corrected chi connectivity index (χ3v) is 8.35. The Hall–Kier alpha value is -5.54. The van der Waals surface area contributed by atoms with Crippen molar-refractivity contribution < 1.29 is 4.42 Å². The van der Waals surface area contributed by atoms with Crippen LogP contribution in [0.3, 0.4) is 0 Å². The molecular formula is C38H24N2O. The molecule has 0 fully saturated rings. The van der Waals surface area contributed by atoms with Gasteiger partial charge in [0.25, 0.3) is 0 Å². The number of furan rings is 1. The Labute approximate surface area is 236 Å². The summed E-state index contributed by atoms with van der Waals surface area (Å²) in [7, 11) is 0. The van der Waals surface area contributed by atoms with E-state index in [1.807, 2.05) is 12.1 Å². The molecule has 9 rings (SSSR count). The van der Waals surface area contributed by atoms with Gasteiger partial charge >= 0.3 is 0 Å². The lowest BCUT2D eigenvalue weighted by Crippen LogP contribution is -1.99. The Morgan fingerprint density at radius 1 is 0.463 bits per heavy atom. The van der Waals surface area contributed by atoms with E-state index in [4.69, 9.17) is 4.42 Å². The quantitative estimate of drug-likeness (QED) is 0.225. The number of fused-ring (bicyclic) bond motifs is 7. The third kappa shape index (κ3) is 3.20. The lowest BCUT2D eigenvalue weighted by Gasteiger charge is -2.13. The molecule has 0 atom stereocenters. The third-order valence-electron chi connectivity index (χ3n) is 8.35. The first kappa shape index (κ1) is 22.3. The molecular weight excluding hydrogens is 500 g/mol. The van der Waals surface area contributed by atoms with Crippen LogP contribution in [0.1, 0.15) is 0 Å². The van der Waals surface area contributed by atoms with Crippen molar-refractivity contribution in [1.29, 1.82) is 0 Å². The fourth-order valence-corrected chi connectivity index (χ4v) is 6.54. The summed E-state index contributed by atoms with van der Waals surface area (Å²) < 4.78 is 11.0. The summed E-state index contributed by atoms with van der Waals surface area (Å²) in [5.74, 6) is 0. The number of aromatic nitrogens is 2. The molecule has 9 aromatic rings. The molecule has 0 aliphatic carbocycles. The van der Waals surface area contributed by atoms with Gasteiger partial charge in [0.1, 0.15) is 11.2 Å². The average molecular weight is 525 g/mol. The molecule has 0 radical (unpaired) electrons. The predicted octanol–water partition coefficient (Wildman–Crippen LogP) is 10.3. The number of benzene rings is 6. The average Bonchev–Trinajstić information content (AvgIpc) is 3.71. The summed E-state index contributed by atoms with van der Waals surface area (Å²) in [6.07, 6.45) is 2.28. The summed E-state index contributed by atoms with van der Waals surface area (Å²) >= 11 is 0. The highest BCUT2D eigenvalue weighted by atomic mass is 16.3. The van der Waals surface area contributed by atoms with Crippen molar-refractivity contribution in [3.8, 4) is 22.5 Å². The van der Waals surface area contributed by atoms with Crippen molar-refractivity contribution in [2.24, 2.45) is 0 Å². The van der Waals surface area contributed by atoms with E-state index in [1.165, 1.54) is 38.3 Å². The SMILES string of the molecule is c1ccc(-n2cc(-c3ccc4c(c3)oc3ccccc34)c3cccc(-n4c5ccccc5c5ccccc54)c32)cc1. The predicted molar refractivity (Wildman–Crippen MR) is 170 cm³/mol. The molecule has 0 unspecified atom stereocenters. The Bertz CT molecular complexity index is 2370. The standard InChI is InChI=1S/C38H24N2O/c1-2-11-26(12-3-1)39-24-32(25-21-22-30-29-15-6-9-20-36(29)41-37(30)23-25)31-16-10-19-35(38(31)39)40-33-17-7-4-13-27(33)28-14-5-8-18-34(28)40/h1-24H. The lowest BCUT2D eigenvalue weighted by atomic mass is 10.0. The first-order valence-electron chi connectivity index (χ1n) is 13.9. The molecule has 3 heterocycles. The van der Waals surface area contributed by atoms with Gasteiger partial charge in [-0.3, -0.25) is 0 Å². The van der Waals surface area contributed by atoms with Gasteiger partial charge in [-0.05, 0) is 54.1 Å². The van der Waals surface area contributed by atoms with Crippen LogP contribution in [-0.2, 0) is 0 Å². The van der Waals surface area contributed by atoms with Gasteiger partial charge in [0.05, 0.1) is 22.2 Å². The van der Waals surface area contributed by atoms with E-state index in [2.05, 4.69) is 143 Å². The van der Waals surface area contributed by atoms with Gasteiger partial charge in [-0.25, -0.2) is 0 Å².